The molecule has 1 aromatic heterocycles. The first-order chi connectivity index (χ1) is 9.63. The summed E-state index contributed by atoms with van der Waals surface area (Å²) in [5.41, 5.74) is 3.19. The summed E-state index contributed by atoms with van der Waals surface area (Å²) >= 11 is 5.92. The average molecular weight is 293 g/mol. The molecule has 0 unspecified atom stereocenters. The maximum Gasteiger partial charge on any atom is 0.274 e. The first-order valence-corrected chi connectivity index (χ1v) is 6.10. The van der Waals surface area contributed by atoms with Gasteiger partial charge in [-0.1, -0.05) is 17.7 Å². The molecule has 0 spiro atoms. The number of hydrogen-bond donors (Lipinski definition) is 3. The van der Waals surface area contributed by atoms with Gasteiger partial charge in [-0.2, -0.15) is 0 Å². The number of pyridine rings is 1. The van der Waals surface area contributed by atoms with Crippen molar-refractivity contribution >= 4 is 29.0 Å². The zero-order valence-electron chi connectivity index (χ0n) is 10.7. The predicted molar refractivity (Wildman–Crippen MR) is 78.0 cm³/mol. The molecule has 0 radical (unpaired) electrons. The number of carbonyl (C=O) groups excluding carboxylic acids is 1. The second-order valence-corrected chi connectivity index (χ2v) is 4.26. The van der Waals surface area contributed by atoms with Crippen molar-refractivity contribution in [3.8, 4) is 5.75 Å². The van der Waals surface area contributed by atoms with Crippen LogP contribution in [0.4, 0.5) is 11.5 Å². The van der Waals surface area contributed by atoms with Gasteiger partial charge in [0, 0.05) is 11.8 Å². The molecule has 0 saturated carbocycles. The summed E-state index contributed by atoms with van der Waals surface area (Å²) < 4.78 is 5.08. The monoisotopic (exact) mass is 292 g/mol. The molecule has 0 fully saturated rings. The fraction of sp³-hybridized carbons (Fsp3) is 0.0769. The fourth-order valence-electron chi connectivity index (χ4n) is 1.57. The predicted octanol–water partition coefficient (Wildman–Crippen LogP) is 2.28. The maximum absolute atomic E-state index is 12.1. The smallest absolute Gasteiger partial charge is 0.274 e. The summed E-state index contributed by atoms with van der Waals surface area (Å²) in [6, 6.07) is 9.87. The van der Waals surface area contributed by atoms with E-state index in [0.717, 1.165) is 0 Å². The van der Waals surface area contributed by atoms with Crippen LogP contribution in [-0.4, -0.2) is 18.0 Å². The molecule has 2 rings (SSSR count). The molecule has 7 heteroatoms. The second-order valence-electron chi connectivity index (χ2n) is 3.86. The van der Waals surface area contributed by atoms with Crippen molar-refractivity contribution in [3.05, 3.63) is 47.1 Å². The van der Waals surface area contributed by atoms with E-state index in [1.54, 1.807) is 36.4 Å². The number of halogens is 1. The molecule has 0 aliphatic carbocycles. The average Bonchev–Trinajstić information content (AvgIpc) is 2.49. The van der Waals surface area contributed by atoms with E-state index in [4.69, 9.17) is 22.2 Å². The van der Waals surface area contributed by atoms with E-state index < -0.39 is 0 Å². The Morgan fingerprint density at radius 3 is 2.85 bits per heavy atom. The molecule has 6 nitrogen and oxygen atoms in total. The quantitative estimate of drug-likeness (QED) is 0.594. The van der Waals surface area contributed by atoms with E-state index >= 15 is 0 Å². The Hall–Kier alpha value is -2.31. The third-order valence-corrected chi connectivity index (χ3v) is 2.85. The number of nitrogen functional groups attached to an aromatic ring is 1. The van der Waals surface area contributed by atoms with E-state index in [-0.39, 0.29) is 11.6 Å². The lowest BCUT2D eigenvalue weighted by Crippen LogP contribution is -2.16. The molecule has 104 valence electrons. The first-order valence-electron chi connectivity index (χ1n) is 5.72. The Balaban J connectivity index is 2.18. The number of hydrazine groups is 1. The Kier molecular flexibility index (Phi) is 4.39. The number of hydrogen-bond acceptors (Lipinski definition) is 5. The van der Waals surface area contributed by atoms with Gasteiger partial charge < -0.3 is 15.5 Å². The van der Waals surface area contributed by atoms with Crippen LogP contribution in [0, 0.1) is 0 Å². The third-order valence-electron chi connectivity index (χ3n) is 2.54. The molecule has 0 bridgehead atoms. The van der Waals surface area contributed by atoms with Crippen LogP contribution in [0.3, 0.4) is 0 Å². The molecule has 0 aliphatic rings. The number of ether oxygens (including phenoxy) is 1. The molecule has 1 aromatic carbocycles. The summed E-state index contributed by atoms with van der Waals surface area (Å²) in [5.74, 6) is 5.79. The van der Waals surface area contributed by atoms with Gasteiger partial charge in [-0.25, -0.2) is 10.8 Å². The van der Waals surface area contributed by atoms with Gasteiger partial charge in [0.1, 0.15) is 17.3 Å². The number of amides is 1. The molecule has 0 atom stereocenters. The van der Waals surface area contributed by atoms with Crippen LogP contribution in [-0.2, 0) is 0 Å². The molecule has 0 aliphatic heterocycles. The third kappa shape index (κ3) is 3.17. The lowest BCUT2D eigenvalue weighted by atomic mass is 10.2. The van der Waals surface area contributed by atoms with Gasteiger partial charge >= 0.3 is 0 Å². The number of nitrogens with one attached hydrogen (secondary N) is 2. The van der Waals surface area contributed by atoms with Crippen LogP contribution >= 0.6 is 11.6 Å². The molecule has 0 saturated heterocycles. The van der Waals surface area contributed by atoms with Gasteiger partial charge in [-0.3, -0.25) is 4.79 Å². The summed E-state index contributed by atoms with van der Waals surface area (Å²) in [7, 11) is 1.50. The molecule has 20 heavy (non-hydrogen) atoms. The lowest BCUT2D eigenvalue weighted by Gasteiger charge is -2.08. The molecular formula is C13H13ClN4O2. The number of nitrogens with two attached hydrogens (primary N) is 1. The van der Waals surface area contributed by atoms with Crippen LogP contribution in [0.1, 0.15) is 10.5 Å². The van der Waals surface area contributed by atoms with Crippen LogP contribution in [0.25, 0.3) is 0 Å². The van der Waals surface area contributed by atoms with Crippen molar-refractivity contribution < 1.29 is 9.53 Å². The van der Waals surface area contributed by atoms with Crippen LogP contribution in [0.5, 0.6) is 5.75 Å². The zero-order chi connectivity index (χ0) is 14.5. The van der Waals surface area contributed by atoms with Crippen molar-refractivity contribution in [2.45, 2.75) is 0 Å². The van der Waals surface area contributed by atoms with Crippen molar-refractivity contribution in [1.82, 2.24) is 4.98 Å². The van der Waals surface area contributed by atoms with E-state index in [0.29, 0.717) is 22.3 Å². The number of rotatable bonds is 4. The van der Waals surface area contributed by atoms with Crippen LogP contribution in [0.15, 0.2) is 36.4 Å². The Bertz CT molecular complexity index is 634. The van der Waals surface area contributed by atoms with Crippen molar-refractivity contribution in [2.24, 2.45) is 5.84 Å². The second kappa shape index (κ2) is 6.23. The van der Waals surface area contributed by atoms with E-state index in [2.05, 4.69) is 15.7 Å². The zero-order valence-corrected chi connectivity index (χ0v) is 11.4. The number of nitrogens with zero attached hydrogens (tertiary/aromatic N) is 1. The highest BCUT2D eigenvalue weighted by atomic mass is 35.5. The van der Waals surface area contributed by atoms with Crippen LogP contribution < -0.4 is 21.3 Å². The summed E-state index contributed by atoms with van der Waals surface area (Å²) in [6.07, 6.45) is 0. The SMILES string of the molecule is COc1cc(NC(=O)c2cccc(NN)n2)ccc1Cl. The van der Waals surface area contributed by atoms with Gasteiger partial charge in [0.15, 0.2) is 0 Å². The van der Waals surface area contributed by atoms with Gasteiger partial charge in [0.05, 0.1) is 12.1 Å². The van der Waals surface area contributed by atoms with E-state index in [1.165, 1.54) is 7.11 Å². The van der Waals surface area contributed by atoms with Crippen molar-refractivity contribution in [3.63, 3.8) is 0 Å². The van der Waals surface area contributed by atoms with Gasteiger partial charge in [-0.15, -0.1) is 0 Å². The van der Waals surface area contributed by atoms with Crippen molar-refractivity contribution in [2.75, 3.05) is 17.9 Å². The van der Waals surface area contributed by atoms with Crippen molar-refractivity contribution in [1.29, 1.82) is 0 Å². The number of methoxy groups -OCH3 is 1. The minimum Gasteiger partial charge on any atom is -0.495 e. The maximum atomic E-state index is 12.1. The van der Waals surface area contributed by atoms with E-state index in [9.17, 15) is 4.79 Å². The number of anilines is 2. The Morgan fingerprint density at radius 1 is 1.35 bits per heavy atom. The van der Waals surface area contributed by atoms with Crippen LogP contribution in [0.2, 0.25) is 5.02 Å². The van der Waals surface area contributed by atoms with Gasteiger partial charge in [0.2, 0.25) is 0 Å². The normalized spacial score (nSPS) is 9.95. The molecular weight excluding hydrogens is 280 g/mol. The summed E-state index contributed by atoms with van der Waals surface area (Å²) in [6.45, 7) is 0. The molecule has 1 heterocycles. The Morgan fingerprint density at radius 2 is 2.15 bits per heavy atom. The Labute approximate surface area is 120 Å². The minimum absolute atomic E-state index is 0.245. The van der Waals surface area contributed by atoms with Gasteiger partial charge in [0.25, 0.3) is 5.91 Å². The fourth-order valence-corrected chi connectivity index (χ4v) is 1.77. The van der Waals surface area contributed by atoms with Gasteiger partial charge in [-0.05, 0) is 24.3 Å². The van der Waals surface area contributed by atoms with E-state index in [1.807, 2.05) is 0 Å². The summed E-state index contributed by atoms with van der Waals surface area (Å²) in [4.78, 5) is 16.1. The number of aromatic nitrogens is 1. The molecule has 2 aromatic rings. The number of benzene rings is 1. The first kappa shape index (κ1) is 14.1. The molecule has 1 amide bonds. The highest BCUT2D eigenvalue weighted by molar-refractivity contribution is 6.32. The molecule has 4 N–H and O–H groups in total. The summed E-state index contributed by atoms with van der Waals surface area (Å²) in [5, 5.41) is 3.17. The topological polar surface area (TPSA) is 89.3 Å². The standard InChI is InChI=1S/C13H13ClN4O2/c1-20-11-7-8(5-6-9(11)14)16-13(19)10-3-2-4-12(17-10)18-15/h2-7H,15H2,1H3,(H,16,19)(H,17,18). The highest BCUT2D eigenvalue weighted by Crippen LogP contribution is 2.27. The minimum atomic E-state index is -0.355. The largest absolute Gasteiger partial charge is 0.495 e. The highest BCUT2D eigenvalue weighted by Gasteiger charge is 2.10. The number of carbonyl (C=O) groups is 1. The lowest BCUT2D eigenvalue weighted by molar-refractivity contribution is 0.102.